The summed E-state index contributed by atoms with van der Waals surface area (Å²) in [5.41, 5.74) is -3.98. The van der Waals surface area contributed by atoms with Crippen molar-refractivity contribution in [2.45, 2.75) is 43.5 Å². The predicted octanol–water partition coefficient (Wildman–Crippen LogP) is 3.32. The van der Waals surface area contributed by atoms with Gasteiger partial charge >= 0.3 is 11.9 Å². The molecule has 42 heavy (non-hydrogen) atoms. The average Bonchev–Trinajstić information content (AvgIpc) is 3.35. The van der Waals surface area contributed by atoms with E-state index in [4.69, 9.17) is 23.2 Å². The molecule has 2 heterocycles. The Labute approximate surface area is 249 Å². The molecule has 1 aromatic heterocycles. The van der Waals surface area contributed by atoms with E-state index in [1.165, 1.54) is 32.2 Å². The van der Waals surface area contributed by atoms with E-state index in [1.807, 2.05) is 0 Å². The highest BCUT2D eigenvalue weighted by Gasteiger charge is 2.38. The number of aromatic nitrogens is 2. The van der Waals surface area contributed by atoms with Crippen LogP contribution >= 0.6 is 23.2 Å². The largest absolute Gasteiger partial charge is 0.416 e. The maximum Gasteiger partial charge on any atom is 0.416 e. The normalized spacial score (nSPS) is 17.0. The zero-order chi connectivity index (χ0) is 31.4. The van der Waals surface area contributed by atoms with Gasteiger partial charge < -0.3 is 4.98 Å². The Hall–Kier alpha value is -2.43. The van der Waals surface area contributed by atoms with Crippen LogP contribution in [0, 0.1) is 0 Å². The van der Waals surface area contributed by atoms with Gasteiger partial charge in [-0.2, -0.15) is 13.2 Å². The van der Waals surface area contributed by atoms with Gasteiger partial charge in [0.1, 0.15) is 0 Å². The van der Waals surface area contributed by atoms with Crippen LogP contribution in [0.3, 0.4) is 0 Å². The summed E-state index contributed by atoms with van der Waals surface area (Å²) in [5.74, 6) is -0.278. The van der Waals surface area contributed by atoms with Gasteiger partial charge in [-0.3, -0.25) is 14.3 Å². The van der Waals surface area contributed by atoms with Gasteiger partial charge in [-0.05, 0) is 41.8 Å². The molecule has 0 bridgehead atoms. The maximum absolute atomic E-state index is 14.3. The van der Waals surface area contributed by atoms with E-state index in [0.29, 0.717) is 17.1 Å². The van der Waals surface area contributed by atoms with E-state index in [2.05, 4.69) is 4.98 Å². The van der Waals surface area contributed by atoms with Crippen molar-refractivity contribution < 1.29 is 30.0 Å². The van der Waals surface area contributed by atoms with Crippen molar-refractivity contribution in [3.05, 3.63) is 71.8 Å². The Kier molecular flexibility index (Phi) is 8.96. The lowest BCUT2D eigenvalue weighted by Gasteiger charge is -2.24. The molecule has 0 radical (unpaired) electrons. The second kappa shape index (κ2) is 11.6. The first kappa shape index (κ1) is 32.5. The standard InChI is InChI=1S/C25H27Cl2F3N4O6S2/c1-4-42(39,40)20-6-5-15(26)9-14(20)11-34-23(35)17-10-19(25(28,29)30)18(21(27)22(17)31-24(34)36)13-33-8-7-16(12-33)32(2)41(3,37)38/h5-6,9-10,16H,4,7-8,11-13H2,1-3H3,(H,31,36). The number of hydrogen-bond acceptors (Lipinski definition) is 7. The number of nitrogens with zero attached hydrogens (tertiary/aromatic N) is 3. The third-order valence-corrected chi connectivity index (χ3v) is 11.2. The summed E-state index contributed by atoms with van der Waals surface area (Å²) < 4.78 is 93.6. The number of benzene rings is 2. The number of alkyl halides is 3. The fourth-order valence-corrected chi connectivity index (χ4v) is 7.32. The molecule has 17 heteroatoms. The van der Waals surface area contributed by atoms with Gasteiger partial charge in [-0.15, -0.1) is 0 Å². The molecular formula is C25H27Cl2F3N4O6S2. The van der Waals surface area contributed by atoms with Crippen molar-refractivity contribution in [3.63, 3.8) is 0 Å². The molecule has 1 N–H and O–H groups in total. The van der Waals surface area contributed by atoms with Crippen molar-refractivity contribution in [2.75, 3.05) is 32.1 Å². The van der Waals surface area contributed by atoms with Crippen LogP contribution in [0.4, 0.5) is 13.2 Å². The highest BCUT2D eigenvalue weighted by Crippen LogP contribution is 2.39. The first-order valence-corrected chi connectivity index (χ1v) is 16.8. The molecular weight excluding hydrogens is 644 g/mol. The third-order valence-electron chi connectivity index (χ3n) is 7.36. The Balaban J connectivity index is 1.82. The molecule has 4 rings (SSSR count). The van der Waals surface area contributed by atoms with Crippen LogP contribution in [0.5, 0.6) is 0 Å². The summed E-state index contributed by atoms with van der Waals surface area (Å²) in [7, 11) is -5.92. The first-order valence-electron chi connectivity index (χ1n) is 12.6. The number of likely N-dealkylation sites (N-methyl/N-ethyl adjacent to an activating group) is 1. The SMILES string of the molecule is CCS(=O)(=O)c1ccc(Cl)cc1Cn1c(=O)[nH]c2c(Cl)c(CN3CCC(N(C)S(C)(=O)=O)C3)c(C(F)(F)F)cc2c1=O. The molecule has 1 unspecified atom stereocenters. The van der Waals surface area contributed by atoms with E-state index in [0.717, 1.165) is 10.6 Å². The van der Waals surface area contributed by atoms with E-state index in [-0.39, 0.29) is 51.9 Å². The number of fused-ring (bicyclic) bond motifs is 1. The molecule has 0 spiro atoms. The van der Waals surface area contributed by atoms with Gasteiger partial charge in [0.15, 0.2) is 9.84 Å². The average molecular weight is 672 g/mol. The predicted molar refractivity (Wildman–Crippen MR) is 153 cm³/mol. The highest BCUT2D eigenvalue weighted by molar-refractivity contribution is 7.91. The molecule has 1 aliphatic heterocycles. The Bertz CT molecular complexity index is 1890. The van der Waals surface area contributed by atoms with Crippen LogP contribution in [0.1, 0.15) is 30.0 Å². The molecule has 0 amide bonds. The van der Waals surface area contributed by atoms with Gasteiger partial charge in [-0.25, -0.2) is 25.9 Å². The van der Waals surface area contributed by atoms with Gasteiger partial charge in [0.2, 0.25) is 10.0 Å². The highest BCUT2D eigenvalue weighted by atomic mass is 35.5. The van der Waals surface area contributed by atoms with E-state index >= 15 is 0 Å². The number of likely N-dealkylation sites (tertiary alicyclic amines) is 1. The Morgan fingerprint density at radius 2 is 1.76 bits per heavy atom. The van der Waals surface area contributed by atoms with Crippen LogP contribution in [-0.2, 0) is 39.1 Å². The molecule has 1 saturated heterocycles. The summed E-state index contributed by atoms with van der Waals surface area (Å²) in [6.07, 6.45) is -3.51. The third kappa shape index (κ3) is 6.40. The number of hydrogen-bond donors (Lipinski definition) is 1. The van der Waals surface area contributed by atoms with Gasteiger partial charge in [-0.1, -0.05) is 30.1 Å². The summed E-state index contributed by atoms with van der Waals surface area (Å²) in [6, 6.07) is 4.00. The minimum Gasteiger partial charge on any atom is -0.305 e. The molecule has 1 fully saturated rings. The molecule has 230 valence electrons. The summed E-state index contributed by atoms with van der Waals surface area (Å²) in [5, 5.41) is -0.865. The van der Waals surface area contributed by atoms with Crippen molar-refractivity contribution in [1.29, 1.82) is 0 Å². The van der Waals surface area contributed by atoms with Crippen molar-refractivity contribution in [2.24, 2.45) is 0 Å². The Morgan fingerprint density at radius 3 is 2.36 bits per heavy atom. The number of halogens is 5. The minimum absolute atomic E-state index is 0.0118. The molecule has 1 aliphatic rings. The fourth-order valence-electron chi connectivity index (χ4n) is 4.99. The monoisotopic (exact) mass is 670 g/mol. The van der Waals surface area contributed by atoms with Gasteiger partial charge in [0.25, 0.3) is 5.56 Å². The number of rotatable bonds is 8. The van der Waals surface area contributed by atoms with E-state index < -0.39 is 65.8 Å². The second-order valence-electron chi connectivity index (χ2n) is 10.1. The number of aromatic amines is 1. The lowest BCUT2D eigenvalue weighted by molar-refractivity contribution is -0.138. The minimum atomic E-state index is -4.93. The maximum atomic E-state index is 14.3. The van der Waals surface area contributed by atoms with Crippen molar-refractivity contribution in [1.82, 2.24) is 18.8 Å². The lowest BCUT2D eigenvalue weighted by atomic mass is 10.0. The molecule has 3 aromatic rings. The van der Waals surface area contributed by atoms with Crippen LogP contribution in [0.2, 0.25) is 10.0 Å². The number of nitrogens with one attached hydrogen (secondary N) is 1. The number of sulfone groups is 1. The molecule has 1 atom stereocenters. The first-order chi connectivity index (χ1) is 19.3. The lowest BCUT2D eigenvalue weighted by Crippen LogP contribution is -2.38. The fraction of sp³-hybridized carbons (Fsp3) is 0.440. The van der Waals surface area contributed by atoms with Crippen LogP contribution < -0.4 is 11.2 Å². The number of sulfonamides is 1. The summed E-state index contributed by atoms with van der Waals surface area (Å²) in [4.78, 5) is 30.3. The molecule has 2 aromatic carbocycles. The Morgan fingerprint density at radius 1 is 1.10 bits per heavy atom. The summed E-state index contributed by atoms with van der Waals surface area (Å²) >= 11 is 12.5. The van der Waals surface area contributed by atoms with Crippen molar-refractivity contribution >= 4 is 54.0 Å². The van der Waals surface area contributed by atoms with Gasteiger partial charge in [0, 0.05) is 37.7 Å². The smallest absolute Gasteiger partial charge is 0.305 e. The topological polar surface area (TPSA) is 130 Å². The zero-order valence-electron chi connectivity index (χ0n) is 22.6. The van der Waals surface area contributed by atoms with Crippen LogP contribution in [0.15, 0.2) is 38.8 Å². The molecule has 0 saturated carbocycles. The quantitative estimate of drug-likeness (QED) is 0.389. The van der Waals surface area contributed by atoms with Crippen LogP contribution in [-0.4, -0.2) is 73.8 Å². The zero-order valence-corrected chi connectivity index (χ0v) is 25.8. The van der Waals surface area contributed by atoms with E-state index in [1.54, 1.807) is 4.90 Å². The molecule has 10 nitrogen and oxygen atoms in total. The van der Waals surface area contributed by atoms with Crippen molar-refractivity contribution in [3.8, 4) is 0 Å². The van der Waals surface area contributed by atoms with Crippen LogP contribution in [0.25, 0.3) is 10.9 Å². The molecule has 0 aliphatic carbocycles. The van der Waals surface area contributed by atoms with Gasteiger partial charge in [0.05, 0.1) is 44.9 Å². The second-order valence-corrected chi connectivity index (χ2v) is 15.2. The summed E-state index contributed by atoms with van der Waals surface area (Å²) in [6.45, 7) is 0.951. The van der Waals surface area contributed by atoms with E-state index in [9.17, 15) is 39.6 Å². The number of H-pyrrole nitrogens is 1.